The van der Waals surface area contributed by atoms with Crippen molar-refractivity contribution in [3.05, 3.63) is 64.4 Å². The van der Waals surface area contributed by atoms with Crippen molar-refractivity contribution in [2.24, 2.45) is 0 Å². The molecule has 0 aliphatic carbocycles. The Bertz CT molecular complexity index is 574. The van der Waals surface area contributed by atoms with E-state index in [2.05, 4.69) is 5.32 Å². The number of phenols is 1. The summed E-state index contributed by atoms with van der Waals surface area (Å²) < 4.78 is 12.9. The molecule has 100 valence electrons. The maximum absolute atomic E-state index is 12.9. The molecule has 1 unspecified atom stereocenters. The van der Waals surface area contributed by atoms with E-state index in [0.29, 0.717) is 17.1 Å². The third kappa shape index (κ3) is 3.46. The minimum Gasteiger partial charge on any atom is -0.508 e. The van der Waals surface area contributed by atoms with Crippen LogP contribution in [-0.2, 0) is 6.54 Å². The monoisotopic (exact) mass is 279 g/mol. The highest BCUT2D eigenvalue weighted by molar-refractivity contribution is 6.31. The second-order valence-corrected chi connectivity index (χ2v) is 4.80. The van der Waals surface area contributed by atoms with Crippen molar-refractivity contribution >= 4 is 11.6 Å². The smallest absolute Gasteiger partial charge is 0.126 e. The average molecular weight is 280 g/mol. The molecule has 0 heterocycles. The number of hydrogen-bond acceptors (Lipinski definition) is 2. The molecule has 0 saturated heterocycles. The highest BCUT2D eigenvalue weighted by Gasteiger charge is 2.11. The minimum absolute atomic E-state index is 0.0424. The quantitative estimate of drug-likeness (QED) is 0.885. The topological polar surface area (TPSA) is 32.3 Å². The van der Waals surface area contributed by atoms with Gasteiger partial charge in [-0.3, -0.25) is 0 Å². The number of benzene rings is 2. The Morgan fingerprint density at radius 1 is 1.26 bits per heavy atom. The summed E-state index contributed by atoms with van der Waals surface area (Å²) in [6.07, 6.45) is 0. The molecule has 0 saturated carbocycles. The molecule has 19 heavy (non-hydrogen) atoms. The fourth-order valence-corrected chi connectivity index (χ4v) is 2.10. The van der Waals surface area contributed by atoms with E-state index in [4.69, 9.17) is 11.6 Å². The van der Waals surface area contributed by atoms with Crippen LogP contribution in [0.15, 0.2) is 42.5 Å². The van der Waals surface area contributed by atoms with E-state index in [1.165, 1.54) is 6.07 Å². The van der Waals surface area contributed by atoms with Crippen LogP contribution in [0.2, 0.25) is 5.02 Å². The summed E-state index contributed by atoms with van der Waals surface area (Å²) in [6.45, 7) is 2.49. The summed E-state index contributed by atoms with van der Waals surface area (Å²) in [4.78, 5) is 0. The fraction of sp³-hybridized carbons (Fsp3) is 0.200. The van der Waals surface area contributed by atoms with Crippen LogP contribution < -0.4 is 5.32 Å². The van der Waals surface area contributed by atoms with Gasteiger partial charge < -0.3 is 10.4 Å². The van der Waals surface area contributed by atoms with Gasteiger partial charge in [0, 0.05) is 29.2 Å². The zero-order valence-corrected chi connectivity index (χ0v) is 11.3. The van der Waals surface area contributed by atoms with Crippen molar-refractivity contribution < 1.29 is 9.50 Å². The Hall–Kier alpha value is -1.58. The Morgan fingerprint density at radius 2 is 2.00 bits per heavy atom. The lowest BCUT2D eigenvalue weighted by Crippen LogP contribution is -2.18. The van der Waals surface area contributed by atoms with Crippen molar-refractivity contribution in [3.8, 4) is 5.75 Å². The van der Waals surface area contributed by atoms with Gasteiger partial charge in [0.15, 0.2) is 0 Å². The Kier molecular flexibility index (Phi) is 4.40. The molecule has 0 aromatic heterocycles. The lowest BCUT2D eigenvalue weighted by Gasteiger charge is -2.16. The van der Waals surface area contributed by atoms with E-state index in [1.54, 1.807) is 6.07 Å². The van der Waals surface area contributed by atoms with Crippen LogP contribution in [0.25, 0.3) is 0 Å². The molecule has 0 spiro atoms. The Morgan fingerprint density at radius 3 is 2.68 bits per heavy atom. The van der Waals surface area contributed by atoms with E-state index in [9.17, 15) is 9.50 Å². The zero-order valence-electron chi connectivity index (χ0n) is 10.5. The summed E-state index contributed by atoms with van der Waals surface area (Å²) in [7, 11) is 0. The standard InChI is InChI=1S/C15H15ClFNO/c1-10(13-7-6-12(17)8-15(13)19)18-9-11-4-2-3-5-14(11)16/h2-8,10,18-19H,9H2,1H3. The maximum Gasteiger partial charge on any atom is 0.126 e. The molecule has 2 N–H and O–H groups in total. The van der Waals surface area contributed by atoms with Crippen LogP contribution in [0.3, 0.4) is 0 Å². The molecule has 2 nitrogen and oxygen atoms in total. The van der Waals surface area contributed by atoms with Crippen molar-refractivity contribution in [1.82, 2.24) is 5.32 Å². The largest absolute Gasteiger partial charge is 0.508 e. The molecule has 0 radical (unpaired) electrons. The molecule has 4 heteroatoms. The molecular weight excluding hydrogens is 265 g/mol. The number of rotatable bonds is 4. The van der Waals surface area contributed by atoms with Gasteiger partial charge in [-0.15, -0.1) is 0 Å². The van der Waals surface area contributed by atoms with Crippen LogP contribution in [0.4, 0.5) is 4.39 Å². The Labute approximate surface area is 116 Å². The highest BCUT2D eigenvalue weighted by Crippen LogP contribution is 2.25. The van der Waals surface area contributed by atoms with Crippen LogP contribution in [0.5, 0.6) is 5.75 Å². The van der Waals surface area contributed by atoms with E-state index in [0.717, 1.165) is 11.6 Å². The van der Waals surface area contributed by atoms with Crippen molar-refractivity contribution in [2.75, 3.05) is 0 Å². The van der Waals surface area contributed by atoms with Crippen LogP contribution >= 0.6 is 11.6 Å². The molecule has 2 aromatic carbocycles. The first kappa shape index (κ1) is 13.8. The molecule has 0 amide bonds. The fourth-order valence-electron chi connectivity index (χ4n) is 1.90. The molecule has 0 aliphatic rings. The zero-order chi connectivity index (χ0) is 13.8. The van der Waals surface area contributed by atoms with E-state index >= 15 is 0 Å². The summed E-state index contributed by atoms with van der Waals surface area (Å²) in [5.41, 5.74) is 1.64. The number of hydrogen-bond donors (Lipinski definition) is 2. The third-order valence-corrected chi connectivity index (χ3v) is 3.38. The van der Waals surface area contributed by atoms with E-state index in [-0.39, 0.29) is 11.8 Å². The van der Waals surface area contributed by atoms with Gasteiger partial charge >= 0.3 is 0 Å². The van der Waals surface area contributed by atoms with Crippen molar-refractivity contribution in [3.63, 3.8) is 0 Å². The predicted molar refractivity (Wildman–Crippen MR) is 74.8 cm³/mol. The predicted octanol–water partition coefficient (Wildman–Crippen LogP) is 4.04. The highest BCUT2D eigenvalue weighted by atomic mass is 35.5. The first-order valence-electron chi connectivity index (χ1n) is 6.03. The summed E-state index contributed by atoms with van der Waals surface area (Å²) in [6, 6.07) is 11.5. The number of nitrogens with one attached hydrogen (secondary N) is 1. The van der Waals surface area contributed by atoms with Crippen molar-refractivity contribution in [1.29, 1.82) is 0 Å². The van der Waals surface area contributed by atoms with Crippen LogP contribution in [0, 0.1) is 5.82 Å². The molecular formula is C15H15ClFNO. The first-order chi connectivity index (χ1) is 9.08. The minimum atomic E-state index is -0.445. The first-order valence-corrected chi connectivity index (χ1v) is 6.41. The second kappa shape index (κ2) is 6.04. The SMILES string of the molecule is CC(NCc1ccccc1Cl)c1ccc(F)cc1O. The summed E-state index contributed by atoms with van der Waals surface area (Å²) >= 11 is 6.07. The van der Waals surface area contributed by atoms with Crippen LogP contribution in [0.1, 0.15) is 24.1 Å². The lowest BCUT2D eigenvalue weighted by atomic mass is 10.1. The summed E-state index contributed by atoms with van der Waals surface area (Å²) in [5.74, 6) is -0.487. The molecule has 0 bridgehead atoms. The maximum atomic E-state index is 12.9. The Balaban J connectivity index is 2.05. The molecule has 0 aliphatic heterocycles. The second-order valence-electron chi connectivity index (χ2n) is 4.40. The van der Waals surface area contributed by atoms with E-state index < -0.39 is 5.82 Å². The van der Waals surface area contributed by atoms with Gasteiger partial charge in [0.05, 0.1) is 0 Å². The lowest BCUT2D eigenvalue weighted by molar-refractivity contribution is 0.446. The van der Waals surface area contributed by atoms with Gasteiger partial charge in [-0.25, -0.2) is 4.39 Å². The van der Waals surface area contributed by atoms with Gasteiger partial charge in [-0.05, 0) is 24.6 Å². The van der Waals surface area contributed by atoms with E-state index in [1.807, 2.05) is 31.2 Å². The van der Waals surface area contributed by atoms with Crippen molar-refractivity contribution in [2.45, 2.75) is 19.5 Å². The number of phenolic OH excluding ortho intramolecular Hbond substituents is 1. The van der Waals surface area contributed by atoms with Gasteiger partial charge in [0.25, 0.3) is 0 Å². The molecule has 2 aromatic rings. The van der Waals surface area contributed by atoms with Gasteiger partial charge in [-0.1, -0.05) is 35.9 Å². The molecule has 0 fully saturated rings. The molecule has 2 rings (SSSR count). The summed E-state index contributed by atoms with van der Waals surface area (Å²) in [5, 5.41) is 13.7. The van der Waals surface area contributed by atoms with Gasteiger partial charge in [0.1, 0.15) is 11.6 Å². The number of halogens is 2. The van der Waals surface area contributed by atoms with Crippen LogP contribution in [-0.4, -0.2) is 5.11 Å². The molecule has 1 atom stereocenters. The van der Waals surface area contributed by atoms with Gasteiger partial charge in [0.2, 0.25) is 0 Å². The third-order valence-electron chi connectivity index (χ3n) is 3.02. The number of aromatic hydroxyl groups is 1. The normalized spacial score (nSPS) is 12.4. The average Bonchev–Trinajstić information content (AvgIpc) is 2.37. The van der Waals surface area contributed by atoms with Gasteiger partial charge in [-0.2, -0.15) is 0 Å².